The normalized spacial score (nSPS) is 11.4. The van der Waals surface area contributed by atoms with Crippen LogP contribution in [0.25, 0.3) is 11.0 Å². The second-order valence-corrected chi connectivity index (χ2v) is 5.46. The number of Topliss-reactive ketones (excluding diaryl/α,β-unsaturated/α-hetero) is 1. The summed E-state index contributed by atoms with van der Waals surface area (Å²) in [5, 5.41) is 6.89. The molecular weight excluding hydrogens is 354 g/mol. The van der Waals surface area contributed by atoms with Crippen molar-refractivity contribution in [2.45, 2.75) is 25.8 Å². The maximum absolute atomic E-state index is 11.6. The zero-order valence-corrected chi connectivity index (χ0v) is 13.5. The third-order valence-electron chi connectivity index (χ3n) is 2.97. The number of nitrogens with zero attached hydrogens (tertiary/aromatic N) is 2. The number of fused-ring (bicyclic) bond motifs is 1. The SMILES string of the molecule is CC(=O)CCC(C(N)=O)n1cnc2cc(Br)ccc21.O=CO. The van der Waals surface area contributed by atoms with Crippen molar-refractivity contribution >= 4 is 45.1 Å². The van der Waals surface area contributed by atoms with Gasteiger partial charge in [-0.25, -0.2) is 4.98 Å². The molecule has 0 fully saturated rings. The minimum atomic E-state index is -0.546. The molecule has 7 nitrogen and oxygen atoms in total. The van der Waals surface area contributed by atoms with E-state index in [4.69, 9.17) is 15.6 Å². The predicted octanol–water partition coefficient (Wildman–Crippen LogP) is 1.90. The van der Waals surface area contributed by atoms with Gasteiger partial charge in [0.15, 0.2) is 0 Å². The monoisotopic (exact) mass is 369 g/mol. The van der Waals surface area contributed by atoms with E-state index in [0.717, 1.165) is 15.5 Å². The lowest BCUT2D eigenvalue weighted by Gasteiger charge is -2.15. The predicted molar refractivity (Wildman–Crippen MR) is 84.3 cm³/mol. The van der Waals surface area contributed by atoms with Crippen molar-refractivity contribution < 1.29 is 19.5 Å². The van der Waals surface area contributed by atoms with Gasteiger partial charge in [0.2, 0.25) is 5.91 Å². The third-order valence-corrected chi connectivity index (χ3v) is 3.46. The van der Waals surface area contributed by atoms with Crippen LogP contribution in [0.2, 0.25) is 0 Å². The van der Waals surface area contributed by atoms with Crippen molar-refractivity contribution in [3.8, 4) is 0 Å². The molecular formula is C14H16BrN3O4. The zero-order chi connectivity index (χ0) is 16.7. The molecule has 1 aromatic heterocycles. The molecule has 1 aromatic carbocycles. The van der Waals surface area contributed by atoms with Crippen LogP contribution in [-0.4, -0.2) is 32.8 Å². The van der Waals surface area contributed by atoms with Crippen molar-refractivity contribution in [3.05, 3.63) is 29.0 Å². The van der Waals surface area contributed by atoms with Gasteiger partial charge >= 0.3 is 0 Å². The minimum Gasteiger partial charge on any atom is -0.483 e. The summed E-state index contributed by atoms with van der Waals surface area (Å²) in [6, 6.07) is 5.07. The Balaban J connectivity index is 0.000000745. The maximum atomic E-state index is 11.6. The summed E-state index contributed by atoms with van der Waals surface area (Å²) >= 11 is 3.37. The summed E-state index contributed by atoms with van der Waals surface area (Å²) in [5.41, 5.74) is 7.04. The molecule has 22 heavy (non-hydrogen) atoms. The molecule has 0 saturated heterocycles. The molecule has 3 N–H and O–H groups in total. The molecule has 1 unspecified atom stereocenters. The molecule has 0 aliphatic heterocycles. The molecule has 1 heterocycles. The standard InChI is InChI=1S/C13H14BrN3O2.CH2O2/c1-8(18)2-4-12(13(15)19)17-7-16-10-6-9(14)3-5-11(10)17;2-1-3/h3,5-7,12H,2,4H2,1H3,(H2,15,19);1H,(H,2,3). The van der Waals surface area contributed by atoms with Crippen molar-refractivity contribution in [3.63, 3.8) is 0 Å². The summed E-state index contributed by atoms with van der Waals surface area (Å²) in [5.74, 6) is -0.415. The van der Waals surface area contributed by atoms with E-state index in [1.165, 1.54) is 6.92 Å². The van der Waals surface area contributed by atoms with E-state index < -0.39 is 11.9 Å². The lowest BCUT2D eigenvalue weighted by molar-refractivity contribution is -0.123. The topological polar surface area (TPSA) is 115 Å². The number of benzene rings is 1. The van der Waals surface area contributed by atoms with Crippen molar-refractivity contribution in [2.24, 2.45) is 5.73 Å². The second-order valence-electron chi connectivity index (χ2n) is 4.55. The summed E-state index contributed by atoms with van der Waals surface area (Å²) in [7, 11) is 0. The van der Waals surface area contributed by atoms with Crippen LogP contribution in [0.5, 0.6) is 0 Å². The number of carbonyl (C=O) groups excluding carboxylic acids is 2. The molecule has 0 radical (unpaired) electrons. The van der Waals surface area contributed by atoms with Crippen LogP contribution in [0.1, 0.15) is 25.8 Å². The van der Waals surface area contributed by atoms with Gasteiger partial charge in [0.25, 0.3) is 6.47 Å². The zero-order valence-electron chi connectivity index (χ0n) is 11.9. The van der Waals surface area contributed by atoms with Gasteiger partial charge in [-0.3, -0.25) is 9.59 Å². The Morgan fingerprint density at radius 3 is 2.68 bits per heavy atom. The van der Waals surface area contributed by atoms with E-state index in [0.29, 0.717) is 12.8 Å². The number of carboxylic acid groups (broad SMARTS) is 1. The van der Waals surface area contributed by atoms with Crippen LogP contribution >= 0.6 is 15.9 Å². The molecule has 118 valence electrons. The van der Waals surface area contributed by atoms with Gasteiger partial charge in [0, 0.05) is 10.9 Å². The average Bonchev–Trinajstić information content (AvgIpc) is 2.82. The van der Waals surface area contributed by atoms with Crippen LogP contribution < -0.4 is 5.73 Å². The molecule has 0 aliphatic carbocycles. The highest BCUT2D eigenvalue weighted by atomic mass is 79.9. The molecule has 2 aromatic rings. The highest BCUT2D eigenvalue weighted by molar-refractivity contribution is 9.10. The Bertz CT molecular complexity index is 684. The number of rotatable bonds is 5. The lowest BCUT2D eigenvalue weighted by atomic mass is 10.1. The number of ketones is 1. The van der Waals surface area contributed by atoms with Crippen LogP contribution in [0.15, 0.2) is 29.0 Å². The van der Waals surface area contributed by atoms with Crippen molar-refractivity contribution in [2.75, 3.05) is 0 Å². The van der Waals surface area contributed by atoms with Crippen LogP contribution in [0.3, 0.4) is 0 Å². The average molecular weight is 370 g/mol. The fourth-order valence-electron chi connectivity index (χ4n) is 2.01. The Morgan fingerprint density at radius 2 is 2.14 bits per heavy atom. The first-order valence-electron chi connectivity index (χ1n) is 6.39. The van der Waals surface area contributed by atoms with Crippen molar-refractivity contribution in [1.82, 2.24) is 9.55 Å². The summed E-state index contributed by atoms with van der Waals surface area (Å²) < 4.78 is 2.65. The summed E-state index contributed by atoms with van der Waals surface area (Å²) in [6.45, 7) is 1.25. The van der Waals surface area contributed by atoms with E-state index in [1.807, 2.05) is 18.2 Å². The second kappa shape index (κ2) is 8.28. The van der Waals surface area contributed by atoms with Gasteiger partial charge < -0.3 is 20.2 Å². The number of halogens is 1. The highest BCUT2D eigenvalue weighted by Crippen LogP contribution is 2.23. The number of hydrogen-bond acceptors (Lipinski definition) is 4. The summed E-state index contributed by atoms with van der Waals surface area (Å²) in [4.78, 5) is 35.3. The molecule has 8 heteroatoms. The Labute approximate surface area is 135 Å². The van der Waals surface area contributed by atoms with E-state index >= 15 is 0 Å². The number of primary amides is 1. The van der Waals surface area contributed by atoms with Gasteiger partial charge in [0.1, 0.15) is 11.8 Å². The van der Waals surface area contributed by atoms with E-state index in [9.17, 15) is 9.59 Å². The van der Waals surface area contributed by atoms with Gasteiger partial charge in [-0.15, -0.1) is 0 Å². The van der Waals surface area contributed by atoms with Gasteiger partial charge in [0.05, 0.1) is 17.4 Å². The number of nitrogens with two attached hydrogens (primary N) is 1. The molecule has 0 saturated carbocycles. The van der Waals surface area contributed by atoms with Gasteiger partial charge in [-0.05, 0) is 31.5 Å². The largest absolute Gasteiger partial charge is 0.483 e. The number of hydrogen-bond donors (Lipinski definition) is 2. The van der Waals surface area contributed by atoms with Gasteiger partial charge in [-0.1, -0.05) is 15.9 Å². The van der Waals surface area contributed by atoms with Crippen molar-refractivity contribution in [1.29, 1.82) is 0 Å². The number of carbonyl (C=O) groups is 3. The Kier molecular flexibility index (Phi) is 6.71. The van der Waals surface area contributed by atoms with E-state index in [-0.39, 0.29) is 12.3 Å². The number of imidazole rings is 1. The lowest BCUT2D eigenvalue weighted by Crippen LogP contribution is -2.26. The molecule has 0 spiro atoms. The quantitative estimate of drug-likeness (QED) is 0.780. The molecule has 0 aliphatic rings. The molecule has 0 bridgehead atoms. The smallest absolute Gasteiger partial charge is 0.290 e. The first-order valence-corrected chi connectivity index (χ1v) is 7.18. The Morgan fingerprint density at radius 1 is 1.50 bits per heavy atom. The number of aromatic nitrogens is 2. The fraction of sp³-hybridized carbons (Fsp3) is 0.286. The summed E-state index contributed by atoms with van der Waals surface area (Å²) in [6.07, 6.45) is 2.31. The van der Waals surface area contributed by atoms with Crippen LogP contribution in [-0.2, 0) is 14.4 Å². The van der Waals surface area contributed by atoms with Crippen LogP contribution in [0.4, 0.5) is 0 Å². The molecule has 2 rings (SSSR count). The first-order chi connectivity index (χ1) is 10.4. The fourth-order valence-corrected chi connectivity index (χ4v) is 2.36. The maximum Gasteiger partial charge on any atom is 0.290 e. The van der Waals surface area contributed by atoms with E-state index in [1.54, 1.807) is 10.9 Å². The Hall–Kier alpha value is -2.22. The number of amides is 1. The van der Waals surface area contributed by atoms with Gasteiger partial charge in [-0.2, -0.15) is 0 Å². The molecule has 1 atom stereocenters. The molecule has 1 amide bonds. The minimum absolute atomic E-state index is 0.0402. The first kappa shape index (κ1) is 17.8. The highest BCUT2D eigenvalue weighted by Gasteiger charge is 2.20. The third kappa shape index (κ3) is 4.66. The van der Waals surface area contributed by atoms with Crippen LogP contribution in [0, 0.1) is 0 Å². The van der Waals surface area contributed by atoms with E-state index in [2.05, 4.69) is 20.9 Å².